The van der Waals surface area contributed by atoms with E-state index in [1.165, 1.54) is 36.3 Å². The summed E-state index contributed by atoms with van der Waals surface area (Å²) in [7, 11) is 0. The Kier molecular flexibility index (Phi) is 12.4. The maximum Gasteiger partial charge on any atom is 0.416 e. The first-order valence-corrected chi connectivity index (χ1v) is 16.0. The molecular weight excluding hydrogens is 575 g/mol. The number of aryl methyl sites for hydroxylation is 1. The number of nitrogens with zero attached hydrogens (tertiary/aromatic N) is 3. The van der Waals surface area contributed by atoms with Gasteiger partial charge in [-0.3, -0.25) is 9.59 Å². The molecule has 4 rings (SSSR count). The SMILES string of the molecule is CCCCCc1ccc(CN(C(=O)C=Cc2ccc(C(F)(F)F)cc2)[C@@H](Cc2ccccc2)C(=O)N2CCN(CC)CC2)cc1. The van der Waals surface area contributed by atoms with Crippen LogP contribution in [0.4, 0.5) is 13.2 Å². The number of rotatable bonds is 13. The Labute approximate surface area is 265 Å². The number of carbonyl (C=O) groups is 2. The molecule has 0 N–H and O–H groups in total. The first-order valence-electron chi connectivity index (χ1n) is 16.0. The Morgan fingerprint density at radius 1 is 0.822 bits per heavy atom. The van der Waals surface area contributed by atoms with Crippen molar-refractivity contribution in [3.63, 3.8) is 0 Å². The van der Waals surface area contributed by atoms with Crippen LogP contribution in [-0.2, 0) is 35.2 Å². The molecule has 1 atom stereocenters. The lowest BCUT2D eigenvalue weighted by atomic mass is 10.0. The molecule has 0 bridgehead atoms. The number of likely N-dealkylation sites (N-methyl/N-ethyl adjacent to an activating group) is 1. The molecule has 1 heterocycles. The van der Waals surface area contributed by atoms with Crippen LogP contribution in [0.15, 0.2) is 84.9 Å². The van der Waals surface area contributed by atoms with Crippen LogP contribution in [0, 0.1) is 0 Å². The number of alkyl halides is 3. The molecule has 0 radical (unpaired) electrons. The van der Waals surface area contributed by atoms with E-state index in [9.17, 15) is 22.8 Å². The standard InChI is InChI=1S/C37H44F3N3O2/c1-3-5-7-10-29-13-15-32(16-14-29)28-43(35(44)22-19-30-17-20-33(21-18-30)37(38,39)40)34(27-31-11-8-6-9-12-31)36(45)42-25-23-41(4-2)24-26-42/h6,8-9,11-22,34H,3-5,7,10,23-28H2,1-2H3/t34-/m0/s1. The quantitative estimate of drug-likeness (QED) is 0.150. The summed E-state index contributed by atoms with van der Waals surface area (Å²) in [6.45, 7) is 8.17. The third-order valence-electron chi connectivity index (χ3n) is 8.45. The van der Waals surface area contributed by atoms with Gasteiger partial charge in [0.2, 0.25) is 11.8 Å². The van der Waals surface area contributed by atoms with Gasteiger partial charge >= 0.3 is 6.18 Å². The topological polar surface area (TPSA) is 43.9 Å². The molecule has 1 aliphatic heterocycles. The summed E-state index contributed by atoms with van der Waals surface area (Å²) in [6, 6.07) is 21.8. The molecule has 45 heavy (non-hydrogen) atoms. The molecule has 0 unspecified atom stereocenters. The minimum absolute atomic E-state index is 0.0953. The van der Waals surface area contributed by atoms with E-state index in [1.807, 2.05) is 47.4 Å². The van der Waals surface area contributed by atoms with Crippen LogP contribution in [0.25, 0.3) is 6.08 Å². The van der Waals surface area contributed by atoms with Crippen LogP contribution in [0.5, 0.6) is 0 Å². The molecule has 3 aromatic rings. The van der Waals surface area contributed by atoms with E-state index in [-0.39, 0.29) is 18.4 Å². The van der Waals surface area contributed by atoms with Gasteiger partial charge in [0.1, 0.15) is 6.04 Å². The van der Waals surface area contributed by atoms with Crippen LogP contribution in [0.2, 0.25) is 0 Å². The molecule has 0 aliphatic carbocycles. The van der Waals surface area contributed by atoms with Gasteiger partial charge in [-0.2, -0.15) is 13.2 Å². The van der Waals surface area contributed by atoms with Gasteiger partial charge in [0.15, 0.2) is 0 Å². The van der Waals surface area contributed by atoms with Crippen LogP contribution < -0.4 is 0 Å². The summed E-state index contributed by atoms with van der Waals surface area (Å²) in [6.07, 6.45) is 3.22. The molecule has 3 aromatic carbocycles. The van der Waals surface area contributed by atoms with E-state index in [1.54, 1.807) is 4.90 Å². The van der Waals surface area contributed by atoms with Gasteiger partial charge < -0.3 is 14.7 Å². The lowest BCUT2D eigenvalue weighted by Crippen LogP contribution is -2.56. The van der Waals surface area contributed by atoms with Crippen LogP contribution >= 0.6 is 0 Å². The molecule has 240 valence electrons. The summed E-state index contributed by atoms with van der Waals surface area (Å²) in [5, 5.41) is 0. The summed E-state index contributed by atoms with van der Waals surface area (Å²) >= 11 is 0. The van der Waals surface area contributed by atoms with E-state index in [0.717, 1.165) is 62.2 Å². The molecule has 2 amide bonds. The molecule has 0 saturated carbocycles. The number of carbonyl (C=O) groups excluding carboxylic acids is 2. The third-order valence-corrected chi connectivity index (χ3v) is 8.45. The minimum atomic E-state index is -4.44. The summed E-state index contributed by atoms with van der Waals surface area (Å²) in [5.41, 5.74) is 2.81. The van der Waals surface area contributed by atoms with Crippen molar-refractivity contribution in [2.45, 2.75) is 64.7 Å². The number of piperazine rings is 1. The molecule has 1 fully saturated rings. The predicted octanol–water partition coefficient (Wildman–Crippen LogP) is 7.26. The van der Waals surface area contributed by atoms with Crippen molar-refractivity contribution in [1.82, 2.24) is 14.7 Å². The van der Waals surface area contributed by atoms with Crippen molar-refractivity contribution in [3.8, 4) is 0 Å². The highest BCUT2D eigenvalue weighted by molar-refractivity contribution is 5.95. The first kappa shape index (κ1) is 34.0. The van der Waals surface area contributed by atoms with Crippen molar-refractivity contribution in [2.75, 3.05) is 32.7 Å². The highest BCUT2D eigenvalue weighted by atomic mass is 19.4. The average Bonchev–Trinajstić information content (AvgIpc) is 3.06. The fourth-order valence-corrected chi connectivity index (χ4v) is 5.64. The highest BCUT2D eigenvalue weighted by Crippen LogP contribution is 2.29. The molecule has 8 heteroatoms. The lowest BCUT2D eigenvalue weighted by molar-refractivity contribution is -0.145. The van der Waals surface area contributed by atoms with Crippen molar-refractivity contribution < 1.29 is 22.8 Å². The summed E-state index contributed by atoms with van der Waals surface area (Å²) < 4.78 is 39.2. The second kappa shape index (κ2) is 16.4. The Bertz CT molecular complexity index is 1380. The smallest absolute Gasteiger partial charge is 0.338 e. The third kappa shape index (κ3) is 10.0. The monoisotopic (exact) mass is 619 g/mol. The Balaban J connectivity index is 1.64. The van der Waals surface area contributed by atoms with Crippen molar-refractivity contribution in [1.29, 1.82) is 0 Å². The van der Waals surface area contributed by atoms with Crippen LogP contribution in [0.1, 0.15) is 60.9 Å². The Morgan fingerprint density at radius 2 is 1.47 bits per heavy atom. The van der Waals surface area contributed by atoms with E-state index in [4.69, 9.17) is 0 Å². The van der Waals surface area contributed by atoms with Crippen molar-refractivity contribution in [3.05, 3.63) is 113 Å². The molecule has 1 aliphatic rings. The molecule has 1 saturated heterocycles. The van der Waals surface area contributed by atoms with Gasteiger partial charge in [0.25, 0.3) is 0 Å². The van der Waals surface area contributed by atoms with Gasteiger partial charge in [0, 0.05) is 45.2 Å². The number of benzene rings is 3. The van der Waals surface area contributed by atoms with Crippen LogP contribution in [0.3, 0.4) is 0 Å². The maximum atomic E-state index is 14.2. The van der Waals surface area contributed by atoms with Crippen molar-refractivity contribution in [2.24, 2.45) is 0 Å². The number of unbranched alkanes of at least 4 members (excludes halogenated alkanes) is 2. The largest absolute Gasteiger partial charge is 0.416 e. The average molecular weight is 620 g/mol. The fourth-order valence-electron chi connectivity index (χ4n) is 5.64. The zero-order valence-corrected chi connectivity index (χ0v) is 26.3. The molecule has 0 aromatic heterocycles. The molecular formula is C37H44F3N3O2. The molecule has 0 spiro atoms. The number of amides is 2. The lowest BCUT2D eigenvalue weighted by Gasteiger charge is -2.39. The predicted molar refractivity (Wildman–Crippen MR) is 173 cm³/mol. The van der Waals surface area contributed by atoms with E-state index >= 15 is 0 Å². The Hall–Kier alpha value is -3.91. The van der Waals surface area contributed by atoms with Gasteiger partial charge in [0.05, 0.1) is 5.56 Å². The van der Waals surface area contributed by atoms with Gasteiger partial charge in [-0.1, -0.05) is 93.4 Å². The van der Waals surface area contributed by atoms with Crippen LogP contribution in [-0.4, -0.2) is 65.3 Å². The second-order valence-corrected chi connectivity index (χ2v) is 11.7. The minimum Gasteiger partial charge on any atom is -0.338 e. The van der Waals surface area contributed by atoms with Crippen molar-refractivity contribution >= 4 is 17.9 Å². The number of hydrogen-bond donors (Lipinski definition) is 0. The zero-order valence-electron chi connectivity index (χ0n) is 26.3. The van der Waals surface area contributed by atoms with E-state index in [2.05, 4.69) is 30.9 Å². The second-order valence-electron chi connectivity index (χ2n) is 11.7. The van der Waals surface area contributed by atoms with Gasteiger partial charge in [-0.05, 0) is 59.8 Å². The summed E-state index contributed by atoms with van der Waals surface area (Å²) in [5.74, 6) is -0.467. The summed E-state index contributed by atoms with van der Waals surface area (Å²) in [4.78, 5) is 34.0. The number of hydrogen-bond acceptors (Lipinski definition) is 3. The Morgan fingerprint density at radius 3 is 2.07 bits per heavy atom. The maximum absolute atomic E-state index is 14.2. The highest BCUT2D eigenvalue weighted by Gasteiger charge is 2.34. The fraction of sp³-hybridized carbons (Fsp3) is 0.405. The first-order chi connectivity index (χ1) is 21.7. The normalized spacial score (nSPS) is 14.9. The van der Waals surface area contributed by atoms with E-state index in [0.29, 0.717) is 25.1 Å². The van der Waals surface area contributed by atoms with E-state index < -0.39 is 17.8 Å². The molecule has 5 nitrogen and oxygen atoms in total. The number of halogens is 3. The zero-order chi connectivity index (χ0) is 32.2. The van der Waals surface area contributed by atoms with Gasteiger partial charge in [-0.25, -0.2) is 0 Å². The van der Waals surface area contributed by atoms with Gasteiger partial charge in [-0.15, -0.1) is 0 Å².